The monoisotopic (exact) mass is 226 g/mol. The SMILES string of the molecule is O=C(OCCO)c1ccccc1OCCO. The highest BCUT2D eigenvalue weighted by molar-refractivity contribution is 5.92. The van der Waals surface area contributed by atoms with Gasteiger partial charge in [-0.1, -0.05) is 12.1 Å². The van der Waals surface area contributed by atoms with E-state index < -0.39 is 5.97 Å². The van der Waals surface area contributed by atoms with E-state index in [0.29, 0.717) is 5.75 Å². The van der Waals surface area contributed by atoms with E-state index in [1.54, 1.807) is 24.3 Å². The number of aliphatic hydroxyl groups is 2. The van der Waals surface area contributed by atoms with Crippen LogP contribution >= 0.6 is 0 Å². The summed E-state index contributed by atoms with van der Waals surface area (Å²) >= 11 is 0. The topological polar surface area (TPSA) is 76.0 Å². The summed E-state index contributed by atoms with van der Waals surface area (Å²) in [6, 6.07) is 6.58. The van der Waals surface area contributed by atoms with E-state index in [1.165, 1.54) is 0 Å². The Hall–Kier alpha value is -1.59. The van der Waals surface area contributed by atoms with E-state index in [0.717, 1.165) is 0 Å². The van der Waals surface area contributed by atoms with Crippen molar-refractivity contribution in [2.75, 3.05) is 26.4 Å². The second-order valence-corrected chi connectivity index (χ2v) is 2.93. The van der Waals surface area contributed by atoms with E-state index in [9.17, 15) is 4.79 Å². The van der Waals surface area contributed by atoms with Crippen molar-refractivity contribution < 1.29 is 24.5 Å². The minimum Gasteiger partial charge on any atom is -0.490 e. The number of aliphatic hydroxyl groups excluding tert-OH is 2. The zero-order chi connectivity index (χ0) is 11.8. The van der Waals surface area contributed by atoms with Crippen molar-refractivity contribution in [3.8, 4) is 5.75 Å². The maximum absolute atomic E-state index is 11.5. The number of ether oxygens (including phenoxy) is 2. The number of rotatable bonds is 6. The molecule has 0 aliphatic heterocycles. The van der Waals surface area contributed by atoms with Gasteiger partial charge < -0.3 is 19.7 Å². The predicted molar refractivity (Wildman–Crippen MR) is 56.4 cm³/mol. The highest BCUT2D eigenvalue weighted by atomic mass is 16.5. The smallest absolute Gasteiger partial charge is 0.342 e. The first-order valence-electron chi connectivity index (χ1n) is 4.90. The number of hydrogen-bond acceptors (Lipinski definition) is 5. The fourth-order valence-electron chi connectivity index (χ4n) is 1.13. The molecule has 0 aliphatic carbocycles. The third-order valence-corrected chi connectivity index (χ3v) is 1.78. The number of esters is 1. The molecule has 0 saturated carbocycles. The van der Waals surface area contributed by atoms with Crippen LogP contribution in [-0.4, -0.2) is 42.6 Å². The number of para-hydroxylation sites is 1. The molecule has 0 amide bonds. The molecule has 0 spiro atoms. The van der Waals surface area contributed by atoms with Gasteiger partial charge in [0.2, 0.25) is 0 Å². The quantitative estimate of drug-likeness (QED) is 0.678. The number of carbonyl (C=O) groups is 1. The lowest BCUT2D eigenvalue weighted by molar-refractivity contribution is 0.0428. The summed E-state index contributed by atoms with van der Waals surface area (Å²) in [6.45, 7) is -0.275. The zero-order valence-corrected chi connectivity index (χ0v) is 8.76. The molecule has 2 N–H and O–H groups in total. The molecule has 1 rings (SSSR count). The lowest BCUT2D eigenvalue weighted by atomic mass is 10.2. The zero-order valence-electron chi connectivity index (χ0n) is 8.76. The average Bonchev–Trinajstić information content (AvgIpc) is 2.33. The van der Waals surface area contributed by atoms with Gasteiger partial charge in [-0.15, -0.1) is 0 Å². The first kappa shape index (κ1) is 12.5. The van der Waals surface area contributed by atoms with Crippen LogP contribution in [0.3, 0.4) is 0 Å². The number of hydrogen-bond donors (Lipinski definition) is 2. The maximum Gasteiger partial charge on any atom is 0.342 e. The lowest BCUT2D eigenvalue weighted by Crippen LogP contribution is -2.11. The Morgan fingerprint density at radius 3 is 2.50 bits per heavy atom. The summed E-state index contributed by atoms with van der Waals surface area (Å²) in [5, 5.41) is 17.2. The van der Waals surface area contributed by atoms with Crippen molar-refractivity contribution in [1.82, 2.24) is 0 Å². The molecule has 88 valence electrons. The molecule has 1 aromatic carbocycles. The van der Waals surface area contributed by atoms with Gasteiger partial charge in [0.1, 0.15) is 24.5 Å². The average molecular weight is 226 g/mol. The van der Waals surface area contributed by atoms with Gasteiger partial charge in [-0.25, -0.2) is 4.79 Å². The molecule has 0 heterocycles. The molecule has 0 aliphatic rings. The normalized spacial score (nSPS) is 9.88. The van der Waals surface area contributed by atoms with Crippen LogP contribution < -0.4 is 4.74 Å². The molecule has 0 radical (unpaired) electrons. The molecular weight excluding hydrogens is 212 g/mol. The number of benzene rings is 1. The Balaban J connectivity index is 2.73. The van der Waals surface area contributed by atoms with Crippen LogP contribution in [0.5, 0.6) is 5.75 Å². The van der Waals surface area contributed by atoms with Crippen LogP contribution in [0.15, 0.2) is 24.3 Å². The molecule has 0 atom stereocenters. The van der Waals surface area contributed by atoms with E-state index in [4.69, 9.17) is 19.7 Å². The minimum atomic E-state index is -0.553. The van der Waals surface area contributed by atoms with Crippen molar-refractivity contribution in [2.24, 2.45) is 0 Å². The molecule has 0 fully saturated rings. The number of carbonyl (C=O) groups excluding carboxylic acids is 1. The fraction of sp³-hybridized carbons (Fsp3) is 0.364. The fourth-order valence-corrected chi connectivity index (χ4v) is 1.13. The largest absolute Gasteiger partial charge is 0.490 e. The van der Waals surface area contributed by atoms with E-state index in [2.05, 4.69) is 0 Å². The van der Waals surface area contributed by atoms with Crippen molar-refractivity contribution in [3.63, 3.8) is 0 Å². The van der Waals surface area contributed by atoms with Gasteiger partial charge in [-0.3, -0.25) is 0 Å². The van der Waals surface area contributed by atoms with Crippen LogP contribution in [-0.2, 0) is 4.74 Å². The Morgan fingerprint density at radius 1 is 1.12 bits per heavy atom. The van der Waals surface area contributed by atoms with Crippen LogP contribution in [0.1, 0.15) is 10.4 Å². The third-order valence-electron chi connectivity index (χ3n) is 1.78. The van der Waals surface area contributed by atoms with Crippen molar-refractivity contribution >= 4 is 5.97 Å². The second kappa shape index (κ2) is 6.81. The first-order valence-corrected chi connectivity index (χ1v) is 4.90. The van der Waals surface area contributed by atoms with Gasteiger partial charge in [-0.05, 0) is 12.1 Å². The molecule has 5 heteroatoms. The summed E-state index contributed by atoms with van der Waals surface area (Å²) in [5.74, 6) is -0.193. The van der Waals surface area contributed by atoms with Gasteiger partial charge in [0.15, 0.2) is 0 Å². The van der Waals surface area contributed by atoms with Gasteiger partial charge in [-0.2, -0.15) is 0 Å². The van der Waals surface area contributed by atoms with Gasteiger partial charge in [0.25, 0.3) is 0 Å². The van der Waals surface area contributed by atoms with E-state index in [1.807, 2.05) is 0 Å². The summed E-state index contributed by atoms with van der Waals surface area (Å²) in [5.41, 5.74) is 0.282. The molecule has 0 unspecified atom stereocenters. The molecule has 0 aromatic heterocycles. The maximum atomic E-state index is 11.5. The molecule has 5 nitrogen and oxygen atoms in total. The summed E-state index contributed by atoms with van der Waals surface area (Å²) in [6.07, 6.45) is 0. The third kappa shape index (κ3) is 3.52. The molecule has 0 saturated heterocycles. The van der Waals surface area contributed by atoms with Gasteiger partial charge in [0.05, 0.1) is 13.2 Å². The summed E-state index contributed by atoms with van der Waals surface area (Å²) in [4.78, 5) is 11.5. The minimum absolute atomic E-state index is 0.0484. The van der Waals surface area contributed by atoms with Crippen LogP contribution in [0.4, 0.5) is 0 Å². The standard InChI is InChI=1S/C11H14O5/c12-5-7-15-10-4-2-1-3-9(10)11(14)16-8-6-13/h1-4,12-13H,5-8H2. The van der Waals surface area contributed by atoms with Crippen molar-refractivity contribution in [3.05, 3.63) is 29.8 Å². The summed E-state index contributed by atoms with van der Waals surface area (Å²) < 4.78 is 9.94. The van der Waals surface area contributed by atoms with E-state index >= 15 is 0 Å². The van der Waals surface area contributed by atoms with Gasteiger partial charge >= 0.3 is 5.97 Å². The summed E-state index contributed by atoms with van der Waals surface area (Å²) in [7, 11) is 0. The van der Waals surface area contributed by atoms with Gasteiger partial charge in [0, 0.05) is 0 Å². The Kier molecular flexibility index (Phi) is 5.31. The Labute approximate surface area is 93.2 Å². The van der Waals surface area contributed by atoms with Crippen LogP contribution in [0.25, 0.3) is 0 Å². The van der Waals surface area contributed by atoms with Crippen molar-refractivity contribution in [2.45, 2.75) is 0 Å². The highest BCUT2D eigenvalue weighted by Gasteiger charge is 2.12. The molecule has 0 bridgehead atoms. The Bertz CT molecular complexity index is 337. The van der Waals surface area contributed by atoms with Crippen LogP contribution in [0.2, 0.25) is 0 Å². The first-order chi connectivity index (χ1) is 7.79. The van der Waals surface area contributed by atoms with Crippen LogP contribution in [0, 0.1) is 0 Å². The molecular formula is C11H14O5. The molecule has 16 heavy (non-hydrogen) atoms. The lowest BCUT2D eigenvalue weighted by Gasteiger charge is -2.09. The highest BCUT2D eigenvalue weighted by Crippen LogP contribution is 2.18. The van der Waals surface area contributed by atoms with Crippen molar-refractivity contribution in [1.29, 1.82) is 0 Å². The predicted octanol–water partition coefficient (Wildman–Crippen LogP) is 0.207. The molecule has 1 aromatic rings. The Morgan fingerprint density at radius 2 is 1.81 bits per heavy atom. The second-order valence-electron chi connectivity index (χ2n) is 2.93. The van der Waals surface area contributed by atoms with E-state index in [-0.39, 0.29) is 32.0 Å².